The fourth-order valence-corrected chi connectivity index (χ4v) is 1.01. The van der Waals surface area contributed by atoms with Gasteiger partial charge in [0.15, 0.2) is 6.61 Å². The van der Waals surface area contributed by atoms with E-state index in [4.69, 9.17) is 0 Å². The van der Waals surface area contributed by atoms with Crippen molar-refractivity contribution >= 4 is 0 Å². The molecular formula is C10H8F6O. The minimum Gasteiger partial charge on any atom is -0.487 e. The first-order valence-electron chi connectivity index (χ1n) is 4.50. The zero-order valence-corrected chi connectivity index (χ0v) is 8.35. The third kappa shape index (κ3) is 3.83. The van der Waals surface area contributed by atoms with E-state index in [2.05, 4.69) is 4.74 Å². The van der Waals surface area contributed by atoms with E-state index in [1.807, 2.05) is 0 Å². The molecule has 0 radical (unpaired) electrons. The molecule has 1 rings (SSSR count). The van der Waals surface area contributed by atoms with Crippen LogP contribution in [-0.2, 0) is 0 Å². The molecule has 1 atom stereocenters. The number of para-hydroxylation sites is 1. The van der Waals surface area contributed by atoms with Crippen molar-refractivity contribution in [2.75, 3.05) is 6.61 Å². The molecular weight excluding hydrogens is 250 g/mol. The van der Waals surface area contributed by atoms with Gasteiger partial charge < -0.3 is 4.74 Å². The molecule has 0 unspecified atom stereocenters. The number of halogens is 6. The lowest BCUT2D eigenvalue weighted by Gasteiger charge is -2.22. The van der Waals surface area contributed by atoms with Crippen molar-refractivity contribution in [3.63, 3.8) is 0 Å². The third-order valence-corrected chi connectivity index (χ3v) is 1.83. The highest BCUT2D eigenvalue weighted by Gasteiger charge is 2.57. The van der Waals surface area contributed by atoms with Crippen LogP contribution in [0.5, 0.6) is 5.75 Å². The van der Waals surface area contributed by atoms with E-state index < -0.39 is 24.9 Å². The first-order valence-corrected chi connectivity index (χ1v) is 4.50. The lowest BCUT2D eigenvalue weighted by atomic mass is 10.2. The van der Waals surface area contributed by atoms with Gasteiger partial charge in [-0.25, -0.2) is 4.39 Å². The molecule has 0 aromatic heterocycles. The zero-order valence-electron chi connectivity index (χ0n) is 8.35. The van der Waals surface area contributed by atoms with Crippen molar-refractivity contribution < 1.29 is 31.1 Å². The quantitative estimate of drug-likeness (QED) is 0.750. The molecule has 0 N–H and O–H groups in total. The first kappa shape index (κ1) is 13.7. The predicted molar refractivity (Wildman–Crippen MR) is 47.8 cm³/mol. The summed E-state index contributed by atoms with van der Waals surface area (Å²) in [5.41, 5.74) is 0. The fourth-order valence-electron chi connectivity index (χ4n) is 1.01. The summed E-state index contributed by atoms with van der Waals surface area (Å²) in [5, 5.41) is 0. The third-order valence-electron chi connectivity index (χ3n) is 1.83. The topological polar surface area (TPSA) is 9.23 Å². The standard InChI is InChI=1S/C10H8F6O/c11-8(10(14,15)16)9(12,13)6-17-7-4-2-1-3-5-7/h1-5,8H,6H2/t8-/m0/s1. The molecule has 17 heavy (non-hydrogen) atoms. The van der Waals surface area contributed by atoms with Gasteiger partial charge in [0.2, 0.25) is 0 Å². The first-order chi connectivity index (χ1) is 7.73. The second-order valence-corrected chi connectivity index (χ2v) is 3.27. The normalized spacial score (nSPS) is 14.5. The molecule has 96 valence electrons. The van der Waals surface area contributed by atoms with Crippen LogP contribution in [0.4, 0.5) is 26.3 Å². The fraction of sp³-hybridized carbons (Fsp3) is 0.400. The molecule has 0 amide bonds. The SMILES string of the molecule is F[C@H](C(F)(F)F)C(F)(F)COc1ccccc1. The molecule has 0 spiro atoms. The smallest absolute Gasteiger partial charge is 0.425 e. The van der Waals surface area contributed by atoms with Gasteiger partial charge in [-0.3, -0.25) is 0 Å². The van der Waals surface area contributed by atoms with E-state index in [-0.39, 0.29) is 5.75 Å². The molecule has 1 aromatic carbocycles. The van der Waals surface area contributed by atoms with Crippen molar-refractivity contribution in [3.05, 3.63) is 30.3 Å². The van der Waals surface area contributed by atoms with Crippen LogP contribution in [0.3, 0.4) is 0 Å². The zero-order chi connectivity index (χ0) is 13.1. The van der Waals surface area contributed by atoms with Crippen molar-refractivity contribution in [2.45, 2.75) is 18.3 Å². The molecule has 0 aliphatic rings. The number of hydrogen-bond donors (Lipinski definition) is 0. The van der Waals surface area contributed by atoms with Crippen molar-refractivity contribution in [1.82, 2.24) is 0 Å². The van der Waals surface area contributed by atoms with Crippen LogP contribution in [-0.4, -0.2) is 24.9 Å². The Bertz CT molecular complexity index is 348. The molecule has 0 aliphatic heterocycles. The molecule has 7 heteroatoms. The summed E-state index contributed by atoms with van der Waals surface area (Å²) in [6, 6.07) is 7.01. The van der Waals surface area contributed by atoms with E-state index in [0.717, 1.165) is 0 Å². The van der Waals surface area contributed by atoms with E-state index >= 15 is 0 Å². The minimum absolute atomic E-state index is 0.0541. The molecule has 0 saturated carbocycles. The van der Waals surface area contributed by atoms with Crippen LogP contribution in [0, 0.1) is 0 Å². The van der Waals surface area contributed by atoms with Crippen molar-refractivity contribution in [2.24, 2.45) is 0 Å². The second kappa shape index (κ2) is 4.85. The highest BCUT2D eigenvalue weighted by Crippen LogP contribution is 2.35. The highest BCUT2D eigenvalue weighted by atomic mass is 19.4. The summed E-state index contributed by atoms with van der Waals surface area (Å²) in [7, 11) is 0. The molecule has 0 aliphatic carbocycles. The van der Waals surface area contributed by atoms with Gasteiger partial charge in [0.1, 0.15) is 5.75 Å². The van der Waals surface area contributed by atoms with Gasteiger partial charge in [-0.2, -0.15) is 22.0 Å². The monoisotopic (exact) mass is 258 g/mol. The Labute approximate surface area is 93.0 Å². The molecule has 0 heterocycles. The second-order valence-electron chi connectivity index (χ2n) is 3.27. The Balaban J connectivity index is 2.62. The largest absolute Gasteiger partial charge is 0.487 e. The number of benzene rings is 1. The van der Waals surface area contributed by atoms with E-state index in [1.54, 1.807) is 6.07 Å². The summed E-state index contributed by atoms with van der Waals surface area (Å²) in [5.74, 6) is -4.67. The summed E-state index contributed by atoms with van der Waals surface area (Å²) in [6.07, 6.45) is -9.84. The van der Waals surface area contributed by atoms with Crippen molar-refractivity contribution in [3.8, 4) is 5.75 Å². The Morgan fingerprint density at radius 2 is 1.53 bits per heavy atom. The Morgan fingerprint density at radius 1 is 1.00 bits per heavy atom. The van der Waals surface area contributed by atoms with Gasteiger partial charge in [-0.15, -0.1) is 0 Å². The number of rotatable bonds is 4. The molecule has 1 aromatic rings. The Morgan fingerprint density at radius 3 is 2.00 bits per heavy atom. The maximum absolute atomic E-state index is 12.8. The van der Waals surface area contributed by atoms with Gasteiger partial charge in [0.25, 0.3) is 6.17 Å². The van der Waals surface area contributed by atoms with Crippen LogP contribution in [0.1, 0.15) is 0 Å². The van der Waals surface area contributed by atoms with Crippen LogP contribution in [0.15, 0.2) is 30.3 Å². The van der Waals surface area contributed by atoms with Crippen LogP contribution >= 0.6 is 0 Å². The van der Waals surface area contributed by atoms with E-state index in [1.165, 1.54) is 24.3 Å². The summed E-state index contributed by atoms with van der Waals surface area (Å²) in [6.45, 7) is -1.67. The molecule has 0 bridgehead atoms. The highest BCUT2D eigenvalue weighted by molar-refractivity contribution is 5.21. The van der Waals surface area contributed by atoms with E-state index in [0.29, 0.717) is 0 Å². The minimum atomic E-state index is -5.61. The lowest BCUT2D eigenvalue weighted by molar-refractivity contribution is -0.250. The summed E-state index contributed by atoms with van der Waals surface area (Å²) < 4.78 is 77.7. The van der Waals surface area contributed by atoms with E-state index in [9.17, 15) is 26.3 Å². The maximum Gasteiger partial charge on any atom is 0.425 e. The molecule has 1 nitrogen and oxygen atoms in total. The number of ether oxygens (including phenoxy) is 1. The van der Waals surface area contributed by atoms with Gasteiger partial charge in [-0.1, -0.05) is 18.2 Å². The van der Waals surface area contributed by atoms with Gasteiger partial charge >= 0.3 is 12.1 Å². The Kier molecular flexibility index (Phi) is 3.90. The molecule has 0 saturated heterocycles. The van der Waals surface area contributed by atoms with Crippen LogP contribution in [0.2, 0.25) is 0 Å². The lowest BCUT2D eigenvalue weighted by Crippen LogP contribution is -2.45. The van der Waals surface area contributed by atoms with Crippen molar-refractivity contribution in [1.29, 1.82) is 0 Å². The summed E-state index contributed by atoms with van der Waals surface area (Å²) in [4.78, 5) is 0. The van der Waals surface area contributed by atoms with Gasteiger partial charge in [0, 0.05) is 0 Å². The maximum atomic E-state index is 12.8. The van der Waals surface area contributed by atoms with Crippen LogP contribution < -0.4 is 4.74 Å². The van der Waals surface area contributed by atoms with Gasteiger partial charge in [0.05, 0.1) is 0 Å². The number of alkyl halides is 6. The summed E-state index contributed by atoms with van der Waals surface area (Å²) >= 11 is 0. The predicted octanol–water partition coefficient (Wildman–Crippen LogP) is 3.60. The van der Waals surface area contributed by atoms with Crippen LogP contribution in [0.25, 0.3) is 0 Å². The number of hydrogen-bond acceptors (Lipinski definition) is 1. The average molecular weight is 258 g/mol. The van der Waals surface area contributed by atoms with Gasteiger partial charge in [-0.05, 0) is 12.1 Å². The molecule has 0 fully saturated rings. The average Bonchev–Trinajstić information content (AvgIpc) is 2.26. The Hall–Kier alpha value is -1.40.